The average molecular weight is 231 g/mol. The Morgan fingerprint density at radius 2 is 2.00 bits per heavy atom. The monoisotopic (exact) mass is 231 g/mol. The normalized spacial score (nSPS) is 31.9. The van der Waals surface area contributed by atoms with E-state index in [1.807, 2.05) is 35.2 Å². The Kier molecular flexibility index (Phi) is 2.63. The zero-order valence-electron chi connectivity index (χ0n) is 9.75. The topological polar surface area (TPSA) is 40.5 Å². The van der Waals surface area contributed by atoms with Crippen LogP contribution in [0.2, 0.25) is 0 Å². The molecule has 2 aliphatic rings. The smallest absolute Gasteiger partial charge is 0.230 e. The lowest BCUT2D eigenvalue weighted by Crippen LogP contribution is -2.65. The number of benzene rings is 1. The van der Waals surface area contributed by atoms with Gasteiger partial charge in [0.2, 0.25) is 5.91 Å². The van der Waals surface area contributed by atoms with Gasteiger partial charge in [0.05, 0.1) is 12.0 Å². The number of fused-ring (bicyclic) bond motifs is 1. The summed E-state index contributed by atoms with van der Waals surface area (Å²) in [6, 6.07) is 10.3. The van der Waals surface area contributed by atoms with Crippen LogP contribution in [0.3, 0.4) is 0 Å². The number of likely N-dealkylation sites (tertiary alicyclic amines) is 1. The number of aliphatic hydroxyl groups is 1. The maximum atomic E-state index is 12.0. The fourth-order valence-corrected chi connectivity index (χ4v) is 3.08. The average Bonchev–Trinajstić information content (AvgIpc) is 2.36. The molecule has 1 aliphatic carbocycles. The van der Waals surface area contributed by atoms with Crippen LogP contribution in [0.4, 0.5) is 0 Å². The number of hydrogen-bond donors (Lipinski definition) is 1. The molecule has 1 aromatic rings. The molecule has 0 aromatic heterocycles. The number of carbonyl (C=O) groups excluding carboxylic acids is 1. The molecule has 1 unspecified atom stereocenters. The molecule has 2 fully saturated rings. The molecular formula is C14H17NO2. The molecule has 1 aliphatic heterocycles. The Bertz CT molecular complexity index is 417. The molecule has 3 heteroatoms. The van der Waals surface area contributed by atoms with Crippen LogP contribution < -0.4 is 0 Å². The first kappa shape index (κ1) is 10.8. The van der Waals surface area contributed by atoms with Crippen LogP contribution in [0.25, 0.3) is 0 Å². The Morgan fingerprint density at radius 3 is 2.76 bits per heavy atom. The van der Waals surface area contributed by atoms with E-state index in [0.29, 0.717) is 6.54 Å². The number of rotatable bonds is 2. The van der Waals surface area contributed by atoms with Gasteiger partial charge < -0.3 is 10.0 Å². The lowest BCUT2D eigenvalue weighted by molar-refractivity contribution is -0.171. The van der Waals surface area contributed by atoms with Crippen molar-refractivity contribution in [1.82, 2.24) is 4.90 Å². The van der Waals surface area contributed by atoms with E-state index in [-0.39, 0.29) is 17.9 Å². The molecule has 1 N–H and O–H groups in total. The number of amides is 1. The van der Waals surface area contributed by atoms with Crippen molar-refractivity contribution >= 4 is 5.91 Å². The summed E-state index contributed by atoms with van der Waals surface area (Å²) in [4.78, 5) is 13.9. The molecule has 1 aromatic carbocycles. The highest BCUT2D eigenvalue weighted by Crippen LogP contribution is 2.39. The lowest BCUT2D eigenvalue weighted by atomic mass is 9.74. The van der Waals surface area contributed by atoms with Gasteiger partial charge in [0.1, 0.15) is 0 Å². The molecule has 0 bridgehead atoms. The summed E-state index contributed by atoms with van der Waals surface area (Å²) in [5, 5.41) is 9.81. The molecule has 3 nitrogen and oxygen atoms in total. The van der Waals surface area contributed by atoms with Crippen molar-refractivity contribution < 1.29 is 9.90 Å². The highest BCUT2D eigenvalue weighted by Gasteiger charge is 2.51. The first-order valence-electron chi connectivity index (χ1n) is 6.30. The third-order valence-electron chi connectivity index (χ3n) is 3.99. The predicted molar refractivity (Wildman–Crippen MR) is 64.1 cm³/mol. The minimum Gasteiger partial charge on any atom is -0.392 e. The number of nitrogens with zero attached hydrogens (tertiary/aromatic N) is 1. The van der Waals surface area contributed by atoms with Crippen LogP contribution in [0.5, 0.6) is 0 Å². The van der Waals surface area contributed by atoms with Crippen molar-refractivity contribution in [3.8, 4) is 0 Å². The molecule has 0 spiro atoms. The summed E-state index contributed by atoms with van der Waals surface area (Å²) in [7, 11) is 0. The number of hydrogen-bond acceptors (Lipinski definition) is 2. The highest BCUT2D eigenvalue weighted by molar-refractivity contribution is 5.86. The first-order chi connectivity index (χ1) is 8.27. The fraction of sp³-hybridized carbons (Fsp3) is 0.500. The quantitative estimate of drug-likeness (QED) is 0.785. The van der Waals surface area contributed by atoms with Crippen molar-refractivity contribution in [3.63, 3.8) is 0 Å². The van der Waals surface area contributed by atoms with E-state index in [0.717, 1.165) is 19.3 Å². The third-order valence-corrected chi connectivity index (χ3v) is 3.99. The second kappa shape index (κ2) is 4.15. The Hall–Kier alpha value is -1.35. The summed E-state index contributed by atoms with van der Waals surface area (Å²) < 4.78 is 0. The van der Waals surface area contributed by atoms with Gasteiger partial charge in [-0.3, -0.25) is 4.79 Å². The van der Waals surface area contributed by atoms with Crippen LogP contribution in [0.15, 0.2) is 30.3 Å². The molecular weight excluding hydrogens is 214 g/mol. The van der Waals surface area contributed by atoms with E-state index in [1.165, 1.54) is 5.56 Å². The van der Waals surface area contributed by atoms with Crippen molar-refractivity contribution in [3.05, 3.63) is 35.9 Å². The minimum atomic E-state index is -0.409. The van der Waals surface area contributed by atoms with Gasteiger partial charge in [-0.15, -0.1) is 0 Å². The Morgan fingerprint density at radius 1 is 1.24 bits per heavy atom. The summed E-state index contributed by atoms with van der Waals surface area (Å²) in [6.45, 7) is 0.688. The maximum absolute atomic E-state index is 12.0. The molecule has 3 atom stereocenters. The molecule has 0 radical (unpaired) electrons. The van der Waals surface area contributed by atoms with E-state index >= 15 is 0 Å². The highest BCUT2D eigenvalue weighted by atomic mass is 16.3. The predicted octanol–water partition coefficient (Wildman–Crippen LogP) is 1.56. The summed E-state index contributed by atoms with van der Waals surface area (Å²) in [5.41, 5.74) is 1.17. The van der Waals surface area contributed by atoms with Gasteiger partial charge in [-0.1, -0.05) is 30.3 Å². The van der Waals surface area contributed by atoms with E-state index in [2.05, 4.69) is 0 Å². The second-order valence-corrected chi connectivity index (χ2v) is 5.04. The lowest BCUT2D eigenvalue weighted by Gasteiger charge is -2.51. The number of β-lactam (4-membered cyclic amide) rings is 1. The van der Waals surface area contributed by atoms with Crippen LogP contribution >= 0.6 is 0 Å². The standard InChI is InChI=1S/C14H17NO2/c16-12-8-4-7-11-13(12)14(17)15(11)9-10-5-2-1-3-6-10/h1-3,5-6,11-13,16H,4,7-9H2/t11-,12?,13-/m1/s1. The SMILES string of the molecule is O=C1[C@H]2C(O)CCC[C@H]2N1Cc1ccccc1. The summed E-state index contributed by atoms with van der Waals surface area (Å²) >= 11 is 0. The molecule has 1 heterocycles. The zero-order valence-corrected chi connectivity index (χ0v) is 9.75. The molecule has 17 heavy (non-hydrogen) atoms. The first-order valence-corrected chi connectivity index (χ1v) is 6.30. The molecule has 1 saturated carbocycles. The van der Waals surface area contributed by atoms with Gasteiger partial charge in [0.25, 0.3) is 0 Å². The maximum Gasteiger partial charge on any atom is 0.230 e. The third kappa shape index (κ3) is 1.75. The van der Waals surface area contributed by atoms with Gasteiger partial charge >= 0.3 is 0 Å². The van der Waals surface area contributed by atoms with Gasteiger partial charge in [0, 0.05) is 12.6 Å². The van der Waals surface area contributed by atoms with Gasteiger partial charge in [-0.05, 0) is 24.8 Å². The van der Waals surface area contributed by atoms with Crippen molar-refractivity contribution in [2.45, 2.75) is 38.0 Å². The Labute approximate surface area is 101 Å². The van der Waals surface area contributed by atoms with Gasteiger partial charge in [-0.2, -0.15) is 0 Å². The zero-order chi connectivity index (χ0) is 11.8. The van der Waals surface area contributed by atoms with Gasteiger partial charge in [-0.25, -0.2) is 0 Å². The van der Waals surface area contributed by atoms with Crippen molar-refractivity contribution in [1.29, 1.82) is 0 Å². The van der Waals surface area contributed by atoms with Crippen molar-refractivity contribution in [2.24, 2.45) is 5.92 Å². The van der Waals surface area contributed by atoms with Crippen LogP contribution in [0, 0.1) is 5.92 Å². The molecule has 1 amide bonds. The fourth-order valence-electron chi connectivity index (χ4n) is 3.08. The van der Waals surface area contributed by atoms with Gasteiger partial charge in [0.15, 0.2) is 0 Å². The van der Waals surface area contributed by atoms with E-state index < -0.39 is 6.10 Å². The van der Waals surface area contributed by atoms with E-state index in [4.69, 9.17) is 0 Å². The van der Waals surface area contributed by atoms with Crippen LogP contribution in [-0.4, -0.2) is 28.1 Å². The molecule has 3 rings (SSSR count). The summed E-state index contributed by atoms with van der Waals surface area (Å²) in [6.07, 6.45) is 2.45. The van der Waals surface area contributed by atoms with E-state index in [1.54, 1.807) is 0 Å². The largest absolute Gasteiger partial charge is 0.392 e. The number of aliphatic hydroxyl groups excluding tert-OH is 1. The van der Waals surface area contributed by atoms with E-state index in [9.17, 15) is 9.90 Å². The Balaban J connectivity index is 1.72. The number of carbonyl (C=O) groups is 1. The molecule has 90 valence electrons. The van der Waals surface area contributed by atoms with Crippen LogP contribution in [-0.2, 0) is 11.3 Å². The molecule has 1 saturated heterocycles. The second-order valence-electron chi connectivity index (χ2n) is 5.04. The van der Waals surface area contributed by atoms with Crippen LogP contribution in [0.1, 0.15) is 24.8 Å². The van der Waals surface area contributed by atoms with Crippen molar-refractivity contribution in [2.75, 3.05) is 0 Å². The summed E-state index contributed by atoms with van der Waals surface area (Å²) in [5.74, 6) is 0.0125. The minimum absolute atomic E-state index is 0.118.